The van der Waals surface area contributed by atoms with Crippen molar-refractivity contribution in [3.63, 3.8) is 0 Å². The topological polar surface area (TPSA) is 0 Å². The van der Waals surface area contributed by atoms with Gasteiger partial charge in [0.2, 0.25) is 0 Å². The lowest BCUT2D eigenvalue weighted by molar-refractivity contribution is 0.0812. The van der Waals surface area contributed by atoms with Crippen molar-refractivity contribution in [1.82, 2.24) is 0 Å². The second-order valence-electron chi connectivity index (χ2n) is 6.64. The average Bonchev–Trinajstić information content (AvgIpc) is 1.44. The Morgan fingerprint density at radius 1 is 0.750 bits per heavy atom. The van der Waals surface area contributed by atoms with E-state index in [-0.39, 0.29) is 0 Å². The quantitative estimate of drug-likeness (QED) is 0.510. The fourth-order valence-electron chi connectivity index (χ4n) is 3.69. The normalized spacial score (nSPS) is 31.5. The van der Waals surface area contributed by atoms with Crippen molar-refractivity contribution in [3.05, 3.63) is 6.42 Å². The smallest absolute Gasteiger partial charge is 0.0272 e. The third-order valence-electron chi connectivity index (χ3n) is 2.65. The van der Waals surface area contributed by atoms with Gasteiger partial charge in [-0.3, -0.25) is 0 Å². The fourth-order valence-corrected chi connectivity index (χ4v) is 3.69. The molecule has 0 unspecified atom stereocenters. The molecule has 0 saturated heterocycles. The van der Waals surface area contributed by atoms with Crippen molar-refractivity contribution in [2.45, 2.75) is 54.4 Å². The van der Waals surface area contributed by atoms with Gasteiger partial charge in [0.15, 0.2) is 0 Å². The number of hydrogen-bond acceptors (Lipinski definition) is 0. The lowest BCUT2D eigenvalue weighted by Crippen LogP contribution is -2.38. The van der Waals surface area contributed by atoms with E-state index in [9.17, 15) is 0 Å². The average molecular weight is 167 g/mol. The van der Waals surface area contributed by atoms with Gasteiger partial charge in [0, 0.05) is 0 Å². The molecule has 0 heterocycles. The second-order valence-corrected chi connectivity index (χ2v) is 6.64. The SMILES string of the molecule is CC1(C)[CH]C(C)(C)CC(C)(C)C1. The molecule has 0 nitrogen and oxygen atoms in total. The predicted molar refractivity (Wildman–Crippen MR) is 54.9 cm³/mol. The summed E-state index contributed by atoms with van der Waals surface area (Å²) in [5, 5.41) is 0. The second kappa shape index (κ2) is 2.49. The van der Waals surface area contributed by atoms with Gasteiger partial charge in [0.25, 0.3) is 0 Å². The van der Waals surface area contributed by atoms with E-state index in [2.05, 4.69) is 48.0 Å². The fraction of sp³-hybridized carbons (Fsp3) is 0.917. The summed E-state index contributed by atoms with van der Waals surface area (Å²) in [4.78, 5) is 0. The summed E-state index contributed by atoms with van der Waals surface area (Å²) in [7, 11) is 0. The first kappa shape index (κ1) is 10.1. The van der Waals surface area contributed by atoms with Crippen LogP contribution >= 0.6 is 0 Å². The lowest BCUT2D eigenvalue weighted by Gasteiger charge is -2.49. The van der Waals surface area contributed by atoms with Gasteiger partial charge in [-0.1, -0.05) is 41.5 Å². The maximum atomic E-state index is 2.53. The molecule has 0 aromatic heterocycles. The van der Waals surface area contributed by atoms with Crippen LogP contribution in [0, 0.1) is 22.7 Å². The zero-order valence-corrected chi connectivity index (χ0v) is 9.49. The van der Waals surface area contributed by atoms with Crippen molar-refractivity contribution in [2.75, 3.05) is 0 Å². The minimum absolute atomic E-state index is 0.422. The monoisotopic (exact) mass is 167 g/mol. The van der Waals surface area contributed by atoms with Gasteiger partial charge in [-0.15, -0.1) is 0 Å². The van der Waals surface area contributed by atoms with Crippen LogP contribution in [-0.2, 0) is 0 Å². The van der Waals surface area contributed by atoms with Crippen LogP contribution in [0.25, 0.3) is 0 Å². The minimum atomic E-state index is 0.422. The molecule has 0 atom stereocenters. The Labute approximate surface area is 77.7 Å². The molecule has 0 spiro atoms. The van der Waals surface area contributed by atoms with Crippen LogP contribution in [0.3, 0.4) is 0 Å². The largest absolute Gasteiger partial charge is 0.0599 e. The lowest BCUT2D eigenvalue weighted by atomic mass is 9.56. The molecule has 1 aliphatic carbocycles. The highest BCUT2D eigenvalue weighted by Crippen LogP contribution is 2.52. The first-order chi connectivity index (χ1) is 5.12. The van der Waals surface area contributed by atoms with Gasteiger partial charge < -0.3 is 0 Å². The molecular weight excluding hydrogens is 144 g/mol. The molecule has 1 fully saturated rings. The Bertz CT molecular complexity index is 127. The van der Waals surface area contributed by atoms with Crippen LogP contribution in [0.15, 0.2) is 0 Å². The van der Waals surface area contributed by atoms with E-state index in [1.807, 2.05) is 0 Å². The van der Waals surface area contributed by atoms with Gasteiger partial charge in [0.1, 0.15) is 0 Å². The van der Waals surface area contributed by atoms with Gasteiger partial charge in [-0.05, 0) is 35.5 Å². The zero-order valence-electron chi connectivity index (χ0n) is 9.49. The van der Waals surface area contributed by atoms with Crippen LogP contribution in [0.5, 0.6) is 0 Å². The highest BCUT2D eigenvalue weighted by molar-refractivity contribution is 5.04. The standard InChI is InChI=1S/C12H23/c1-10(2)7-11(3,4)9-12(5,6)8-10/h7H,8-9H2,1-6H3. The van der Waals surface area contributed by atoms with Gasteiger partial charge in [-0.25, -0.2) is 0 Å². The van der Waals surface area contributed by atoms with E-state index in [1.54, 1.807) is 0 Å². The molecule has 0 aliphatic heterocycles. The third-order valence-corrected chi connectivity index (χ3v) is 2.65. The van der Waals surface area contributed by atoms with Crippen molar-refractivity contribution < 1.29 is 0 Å². The molecular formula is C12H23. The van der Waals surface area contributed by atoms with E-state index in [0.29, 0.717) is 16.2 Å². The molecule has 0 aromatic rings. The zero-order chi connectivity index (χ0) is 9.62. The van der Waals surface area contributed by atoms with E-state index in [0.717, 1.165) is 0 Å². The molecule has 0 bridgehead atoms. The van der Waals surface area contributed by atoms with Crippen LogP contribution in [0.4, 0.5) is 0 Å². The summed E-state index contributed by atoms with van der Waals surface area (Å²) in [6.45, 7) is 14.2. The molecule has 1 rings (SSSR count). The highest BCUT2D eigenvalue weighted by atomic mass is 14.5. The summed E-state index contributed by atoms with van der Waals surface area (Å²) < 4.78 is 0. The van der Waals surface area contributed by atoms with Crippen molar-refractivity contribution in [1.29, 1.82) is 0 Å². The molecule has 0 heteroatoms. The molecule has 0 N–H and O–H groups in total. The van der Waals surface area contributed by atoms with Gasteiger partial charge in [-0.2, -0.15) is 0 Å². The van der Waals surface area contributed by atoms with Crippen LogP contribution < -0.4 is 0 Å². The Morgan fingerprint density at radius 3 is 1.33 bits per heavy atom. The molecule has 71 valence electrons. The number of rotatable bonds is 0. The molecule has 1 radical (unpaired) electrons. The molecule has 12 heavy (non-hydrogen) atoms. The molecule has 1 aliphatic rings. The van der Waals surface area contributed by atoms with E-state index in [1.165, 1.54) is 12.8 Å². The van der Waals surface area contributed by atoms with Crippen LogP contribution in [0.2, 0.25) is 0 Å². The van der Waals surface area contributed by atoms with Crippen LogP contribution in [0.1, 0.15) is 54.4 Å². The predicted octanol–water partition coefficient (Wildman–Crippen LogP) is 4.06. The summed E-state index contributed by atoms with van der Waals surface area (Å²) >= 11 is 0. The van der Waals surface area contributed by atoms with Crippen molar-refractivity contribution in [2.24, 2.45) is 16.2 Å². The van der Waals surface area contributed by atoms with Crippen molar-refractivity contribution in [3.8, 4) is 0 Å². The minimum Gasteiger partial charge on any atom is -0.0599 e. The Kier molecular flexibility index (Phi) is 2.10. The molecule has 0 amide bonds. The maximum Gasteiger partial charge on any atom is -0.0272 e. The Balaban J connectivity index is 2.81. The maximum absolute atomic E-state index is 2.53. The Hall–Kier alpha value is 0. The van der Waals surface area contributed by atoms with Gasteiger partial charge >= 0.3 is 0 Å². The van der Waals surface area contributed by atoms with E-state index >= 15 is 0 Å². The third kappa shape index (κ3) is 2.50. The van der Waals surface area contributed by atoms with Gasteiger partial charge in [0.05, 0.1) is 0 Å². The first-order valence-corrected chi connectivity index (χ1v) is 4.99. The summed E-state index contributed by atoms with van der Waals surface area (Å²) in [5.74, 6) is 0. The summed E-state index contributed by atoms with van der Waals surface area (Å²) in [6.07, 6.45) is 5.18. The van der Waals surface area contributed by atoms with Crippen LogP contribution in [-0.4, -0.2) is 0 Å². The van der Waals surface area contributed by atoms with E-state index < -0.39 is 0 Å². The highest BCUT2D eigenvalue weighted by Gasteiger charge is 2.42. The van der Waals surface area contributed by atoms with Crippen molar-refractivity contribution >= 4 is 0 Å². The molecule has 0 aromatic carbocycles. The summed E-state index contributed by atoms with van der Waals surface area (Å²) in [6, 6.07) is 0. The molecule has 1 saturated carbocycles. The van der Waals surface area contributed by atoms with E-state index in [4.69, 9.17) is 0 Å². The summed E-state index contributed by atoms with van der Waals surface area (Å²) in [5.41, 5.74) is 1.36. The Morgan fingerprint density at radius 2 is 1.08 bits per heavy atom. The number of hydrogen-bond donors (Lipinski definition) is 0. The first-order valence-electron chi connectivity index (χ1n) is 4.99.